The van der Waals surface area contributed by atoms with Gasteiger partial charge in [-0.05, 0) is 19.1 Å². The fourth-order valence-corrected chi connectivity index (χ4v) is 1.41. The maximum atomic E-state index is 11.8. The van der Waals surface area contributed by atoms with Crippen LogP contribution >= 0.6 is 0 Å². The van der Waals surface area contributed by atoms with Crippen LogP contribution in [-0.2, 0) is 4.74 Å². The Labute approximate surface area is 109 Å². The molecule has 0 radical (unpaired) electrons. The number of halogens is 3. The second-order valence-electron chi connectivity index (χ2n) is 3.92. The fraction of sp³-hybridized carbons (Fsp3) is 0.462. The molecule has 0 aromatic heterocycles. The van der Waals surface area contributed by atoms with Gasteiger partial charge in [0.1, 0.15) is 12.4 Å². The second-order valence-corrected chi connectivity index (χ2v) is 3.92. The standard InChI is InChI=1S/C13H15F3O3/c1-10(17)11-5-2-3-6-12(11)19-8-4-7-18-9-13(14,15)16/h2-3,5-6H,4,7-9H2,1H3. The quantitative estimate of drug-likeness (QED) is 0.566. The van der Waals surface area contributed by atoms with E-state index in [4.69, 9.17) is 4.74 Å². The molecule has 0 aliphatic carbocycles. The van der Waals surface area contributed by atoms with Crippen LogP contribution in [0.3, 0.4) is 0 Å². The lowest BCUT2D eigenvalue weighted by atomic mass is 10.1. The first-order valence-electron chi connectivity index (χ1n) is 5.77. The van der Waals surface area contributed by atoms with Gasteiger partial charge in [-0.15, -0.1) is 0 Å². The third-order valence-corrected chi connectivity index (χ3v) is 2.22. The summed E-state index contributed by atoms with van der Waals surface area (Å²) in [4.78, 5) is 11.3. The zero-order valence-electron chi connectivity index (χ0n) is 10.5. The molecule has 0 saturated heterocycles. The van der Waals surface area contributed by atoms with E-state index in [2.05, 4.69) is 4.74 Å². The first-order chi connectivity index (χ1) is 8.90. The lowest BCUT2D eigenvalue weighted by Crippen LogP contribution is -2.18. The topological polar surface area (TPSA) is 35.5 Å². The van der Waals surface area contributed by atoms with Crippen molar-refractivity contribution in [2.24, 2.45) is 0 Å². The number of carbonyl (C=O) groups excluding carboxylic acids is 1. The molecule has 0 heterocycles. The average molecular weight is 276 g/mol. The van der Waals surface area contributed by atoms with Crippen molar-refractivity contribution < 1.29 is 27.4 Å². The number of benzene rings is 1. The Morgan fingerprint density at radius 1 is 1.21 bits per heavy atom. The third-order valence-electron chi connectivity index (χ3n) is 2.22. The number of Topliss-reactive ketones (excluding diaryl/α,β-unsaturated/α-hetero) is 1. The van der Waals surface area contributed by atoms with Gasteiger partial charge in [-0.3, -0.25) is 4.79 Å². The fourth-order valence-electron chi connectivity index (χ4n) is 1.41. The van der Waals surface area contributed by atoms with E-state index < -0.39 is 12.8 Å². The molecule has 1 aromatic rings. The Kier molecular flexibility index (Phi) is 5.82. The summed E-state index contributed by atoms with van der Waals surface area (Å²) in [6, 6.07) is 6.73. The summed E-state index contributed by atoms with van der Waals surface area (Å²) in [5, 5.41) is 0. The average Bonchev–Trinajstić information content (AvgIpc) is 2.32. The van der Waals surface area contributed by atoms with Gasteiger partial charge in [0.2, 0.25) is 0 Å². The highest BCUT2D eigenvalue weighted by molar-refractivity contribution is 5.96. The molecule has 0 fully saturated rings. The minimum Gasteiger partial charge on any atom is -0.493 e. The van der Waals surface area contributed by atoms with Crippen LogP contribution in [0.15, 0.2) is 24.3 Å². The van der Waals surface area contributed by atoms with E-state index in [1.165, 1.54) is 6.92 Å². The molecule has 0 amide bonds. The zero-order chi connectivity index (χ0) is 14.3. The van der Waals surface area contributed by atoms with E-state index in [1.54, 1.807) is 24.3 Å². The summed E-state index contributed by atoms with van der Waals surface area (Å²) < 4.78 is 45.1. The molecule has 0 saturated carbocycles. The van der Waals surface area contributed by atoms with Crippen molar-refractivity contribution >= 4 is 5.78 Å². The second kappa shape index (κ2) is 7.13. The Balaban J connectivity index is 2.28. The van der Waals surface area contributed by atoms with Crippen LogP contribution in [0.5, 0.6) is 5.75 Å². The van der Waals surface area contributed by atoms with Gasteiger partial charge in [0.05, 0.1) is 18.8 Å². The van der Waals surface area contributed by atoms with Crippen molar-refractivity contribution in [1.29, 1.82) is 0 Å². The Bertz CT molecular complexity index is 416. The Hall–Kier alpha value is -1.56. The maximum absolute atomic E-state index is 11.8. The molecule has 1 aromatic carbocycles. The smallest absolute Gasteiger partial charge is 0.411 e. The van der Waals surface area contributed by atoms with Crippen molar-refractivity contribution in [3.8, 4) is 5.75 Å². The maximum Gasteiger partial charge on any atom is 0.411 e. The summed E-state index contributed by atoms with van der Waals surface area (Å²) in [6.07, 6.45) is -3.98. The number of rotatable bonds is 7. The van der Waals surface area contributed by atoms with Crippen LogP contribution < -0.4 is 4.74 Å². The summed E-state index contributed by atoms with van der Waals surface area (Å²) in [7, 11) is 0. The van der Waals surface area contributed by atoms with E-state index in [1.807, 2.05) is 0 Å². The van der Waals surface area contributed by atoms with Gasteiger partial charge in [0.25, 0.3) is 0 Å². The zero-order valence-corrected chi connectivity index (χ0v) is 10.5. The number of ketones is 1. The van der Waals surface area contributed by atoms with Crippen molar-refractivity contribution in [3.05, 3.63) is 29.8 Å². The van der Waals surface area contributed by atoms with Gasteiger partial charge in [-0.1, -0.05) is 12.1 Å². The van der Waals surface area contributed by atoms with Crippen molar-refractivity contribution in [2.75, 3.05) is 19.8 Å². The van der Waals surface area contributed by atoms with E-state index in [0.717, 1.165) is 0 Å². The number of para-hydroxylation sites is 1. The highest BCUT2D eigenvalue weighted by atomic mass is 19.4. The van der Waals surface area contributed by atoms with Crippen LogP contribution in [0, 0.1) is 0 Å². The number of hydrogen-bond acceptors (Lipinski definition) is 3. The molecule has 1 rings (SSSR count). The first kappa shape index (κ1) is 15.5. The largest absolute Gasteiger partial charge is 0.493 e. The molecule has 0 N–H and O–H groups in total. The molecule has 106 valence electrons. The lowest BCUT2D eigenvalue weighted by molar-refractivity contribution is -0.174. The van der Waals surface area contributed by atoms with Crippen LogP contribution in [0.25, 0.3) is 0 Å². The number of ether oxygens (including phenoxy) is 2. The highest BCUT2D eigenvalue weighted by Gasteiger charge is 2.27. The van der Waals surface area contributed by atoms with Gasteiger partial charge in [0, 0.05) is 6.42 Å². The molecular weight excluding hydrogens is 261 g/mol. The summed E-state index contributed by atoms with van der Waals surface area (Å²) in [6.45, 7) is 0.329. The van der Waals surface area contributed by atoms with Crippen LogP contribution in [0.4, 0.5) is 13.2 Å². The van der Waals surface area contributed by atoms with E-state index >= 15 is 0 Å². The molecule has 3 nitrogen and oxygen atoms in total. The van der Waals surface area contributed by atoms with Gasteiger partial charge in [-0.25, -0.2) is 0 Å². The van der Waals surface area contributed by atoms with Gasteiger partial charge in [-0.2, -0.15) is 13.2 Å². The molecule has 0 atom stereocenters. The predicted molar refractivity (Wildman–Crippen MR) is 63.4 cm³/mol. The number of carbonyl (C=O) groups is 1. The summed E-state index contributed by atoms with van der Waals surface area (Å²) >= 11 is 0. The molecule has 0 unspecified atom stereocenters. The van der Waals surface area contributed by atoms with E-state index in [9.17, 15) is 18.0 Å². The highest BCUT2D eigenvalue weighted by Crippen LogP contribution is 2.18. The van der Waals surface area contributed by atoms with E-state index in [-0.39, 0.29) is 19.0 Å². The Morgan fingerprint density at radius 3 is 2.53 bits per heavy atom. The monoisotopic (exact) mass is 276 g/mol. The minimum atomic E-state index is -4.30. The summed E-state index contributed by atoms with van der Waals surface area (Å²) in [5.74, 6) is 0.315. The normalized spacial score (nSPS) is 11.4. The Morgan fingerprint density at radius 2 is 1.89 bits per heavy atom. The molecule has 6 heteroatoms. The summed E-state index contributed by atoms with van der Waals surface area (Å²) in [5.41, 5.74) is 0.457. The molecule has 0 bridgehead atoms. The minimum absolute atomic E-state index is 0.0399. The van der Waals surface area contributed by atoms with E-state index in [0.29, 0.717) is 17.7 Å². The van der Waals surface area contributed by atoms with Crippen molar-refractivity contribution in [1.82, 2.24) is 0 Å². The van der Waals surface area contributed by atoms with Gasteiger partial charge < -0.3 is 9.47 Å². The van der Waals surface area contributed by atoms with Crippen LogP contribution in [-0.4, -0.2) is 31.8 Å². The first-order valence-corrected chi connectivity index (χ1v) is 5.77. The van der Waals surface area contributed by atoms with Crippen molar-refractivity contribution in [3.63, 3.8) is 0 Å². The molecule has 19 heavy (non-hydrogen) atoms. The number of alkyl halides is 3. The van der Waals surface area contributed by atoms with Gasteiger partial charge in [0.15, 0.2) is 5.78 Å². The van der Waals surface area contributed by atoms with Crippen molar-refractivity contribution in [2.45, 2.75) is 19.5 Å². The number of hydrogen-bond donors (Lipinski definition) is 0. The SMILES string of the molecule is CC(=O)c1ccccc1OCCCOCC(F)(F)F. The van der Waals surface area contributed by atoms with Gasteiger partial charge >= 0.3 is 6.18 Å². The molecule has 0 aliphatic heterocycles. The molecular formula is C13H15F3O3. The van der Waals surface area contributed by atoms with Crippen LogP contribution in [0.2, 0.25) is 0 Å². The van der Waals surface area contributed by atoms with Crippen LogP contribution in [0.1, 0.15) is 23.7 Å². The molecule has 0 spiro atoms. The molecule has 0 aliphatic rings. The third kappa shape index (κ3) is 6.24. The lowest BCUT2D eigenvalue weighted by Gasteiger charge is -2.10. The predicted octanol–water partition coefficient (Wildman–Crippen LogP) is 3.24.